The summed E-state index contributed by atoms with van der Waals surface area (Å²) in [5, 5.41) is 9.84. The van der Waals surface area contributed by atoms with Gasteiger partial charge in [-0.1, -0.05) is 29.3 Å². The van der Waals surface area contributed by atoms with Crippen molar-refractivity contribution in [3.63, 3.8) is 0 Å². The van der Waals surface area contributed by atoms with Gasteiger partial charge in [-0.15, -0.1) is 0 Å². The summed E-state index contributed by atoms with van der Waals surface area (Å²) in [4.78, 5) is 11.3. The lowest BCUT2D eigenvalue weighted by Crippen LogP contribution is -2.38. The molecule has 0 spiro atoms. The maximum atomic E-state index is 12.8. The van der Waals surface area contributed by atoms with Crippen LogP contribution in [0.4, 0.5) is 0 Å². The first-order valence-corrected chi connectivity index (χ1v) is 9.34. The zero-order chi connectivity index (χ0) is 16.1. The lowest BCUT2D eigenvalue weighted by Gasteiger charge is -2.23. The SMILES string of the molecule is O=C(O)C1CC2CCC1N2S(=O)(=O)Cc1c(Cl)cccc1Cl. The van der Waals surface area contributed by atoms with Crippen LogP contribution in [0, 0.1) is 5.92 Å². The van der Waals surface area contributed by atoms with E-state index in [0.717, 1.165) is 0 Å². The van der Waals surface area contributed by atoms with Crippen LogP contribution < -0.4 is 0 Å². The second kappa shape index (κ2) is 5.67. The maximum absolute atomic E-state index is 12.8. The van der Waals surface area contributed by atoms with E-state index in [4.69, 9.17) is 23.2 Å². The summed E-state index contributed by atoms with van der Waals surface area (Å²) in [5.74, 6) is -1.84. The lowest BCUT2D eigenvalue weighted by molar-refractivity contribution is -0.142. The van der Waals surface area contributed by atoms with Crippen molar-refractivity contribution < 1.29 is 18.3 Å². The molecule has 2 fully saturated rings. The van der Waals surface area contributed by atoms with Gasteiger partial charge in [0.1, 0.15) is 0 Å². The van der Waals surface area contributed by atoms with Gasteiger partial charge in [0.15, 0.2) is 0 Å². The summed E-state index contributed by atoms with van der Waals surface area (Å²) in [7, 11) is -3.66. The first kappa shape index (κ1) is 16.1. The average molecular weight is 364 g/mol. The molecule has 2 heterocycles. The molecule has 5 nitrogen and oxygen atoms in total. The van der Waals surface area contributed by atoms with Gasteiger partial charge in [-0.2, -0.15) is 4.31 Å². The molecule has 3 unspecified atom stereocenters. The minimum atomic E-state index is -3.66. The Morgan fingerprint density at radius 1 is 1.27 bits per heavy atom. The molecule has 1 aromatic carbocycles. The first-order valence-electron chi connectivity index (χ1n) is 6.98. The summed E-state index contributed by atoms with van der Waals surface area (Å²) in [6, 6.07) is 4.17. The molecular weight excluding hydrogens is 349 g/mol. The molecular formula is C14H15Cl2NO4S. The van der Waals surface area contributed by atoms with E-state index >= 15 is 0 Å². The van der Waals surface area contributed by atoms with Crippen molar-refractivity contribution >= 4 is 39.2 Å². The van der Waals surface area contributed by atoms with Crippen LogP contribution in [0.2, 0.25) is 10.0 Å². The molecule has 0 radical (unpaired) electrons. The molecule has 120 valence electrons. The summed E-state index contributed by atoms with van der Waals surface area (Å²) in [6.45, 7) is 0. The molecule has 2 aliphatic heterocycles. The van der Waals surface area contributed by atoms with Gasteiger partial charge in [0.05, 0.1) is 11.7 Å². The number of hydrogen-bond donors (Lipinski definition) is 1. The minimum absolute atomic E-state index is 0.225. The Labute approximate surface area is 138 Å². The van der Waals surface area contributed by atoms with Gasteiger partial charge in [-0.25, -0.2) is 8.42 Å². The largest absolute Gasteiger partial charge is 0.481 e. The van der Waals surface area contributed by atoms with E-state index in [1.807, 2.05) is 0 Å². The molecule has 0 aliphatic carbocycles. The smallest absolute Gasteiger partial charge is 0.308 e. The topological polar surface area (TPSA) is 74.7 Å². The van der Waals surface area contributed by atoms with Gasteiger partial charge in [-0.3, -0.25) is 4.79 Å². The predicted molar refractivity (Wildman–Crippen MR) is 83.5 cm³/mol. The zero-order valence-corrected chi connectivity index (χ0v) is 13.9. The fraction of sp³-hybridized carbons (Fsp3) is 0.500. The second-order valence-corrected chi connectivity index (χ2v) is 8.45. The van der Waals surface area contributed by atoms with Gasteiger partial charge in [0.25, 0.3) is 0 Å². The van der Waals surface area contributed by atoms with Crippen LogP contribution >= 0.6 is 23.2 Å². The van der Waals surface area contributed by atoms with Gasteiger partial charge < -0.3 is 5.11 Å². The van der Waals surface area contributed by atoms with Crippen LogP contribution in [-0.2, 0) is 20.6 Å². The molecule has 0 saturated carbocycles. The molecule has 3 rings (SSSR count). The van der Waals surface area contributed by atoms with Crippen LogP contribution in [0.25, 0.3) is 0 Å². The number of hydrogen-bond acceptors (Lipinski definition) is 3. The Kier molecular flexibility index (Phi) is 4.14. The van der Waals surface area contributed by atoms with E-state index < -0.39 is 28.0 Å². The number of rotatable bonds is 4. The molecule has 3 atom stereocenters. The number of benzene rings is 1. The van der Waals surface area contributed by atoms with E-state index in [2.05, 4.69) is 0 Å². The Balaban J connectivity index is 1.90. The van der Waals surface area contributed by atoms with E-state index in [0.29, 0.717) is 34.9 Å². The third kappa shape index (κ3) is 2.62. The van der Waals surface area contributed by atoms with Crippen molar-refractivity contribution in [1.82, 2.24) is 4.31 Å². The monoisotopic (exact) mass is 363 g/mol. The fourth-order valence-corrected chi connectivity index (χ4v) is 6.39. The van der Waals surface area contributed by atoms with Crippen LogP contribution in [0.1, 0.15) is 24.8 Å². The summed E-state index contributed by atoms with van der Waals surface area (Å²) in [5.41, 5.74) is 0.365. The number of carboxylic acid groups (broad SMARTS) is 1. The summed E-state index contributed by atoms with van der Waals surface area (Å²) < 4.78 is 26.9. The standard InChI is InChI=1S/C14H15Cl2NO4S/c15-11-2-1-3-12(16)10(11)7-22(20,21)17-8-4-5-13(17)9(6-8)14(18)19/h1-3,8-9,13H,4-7H2,(H,18,19). The summed E-state index contributed by atoms with van der Waals surface area (Å²) in [6.07, 6.45) is 1.69. The third-order valence-electron chi connectivity index (χ3n) is 4.50. The van der Waals surface area contributed by atoms with E-state index in [1.165, 1.54) is 4.31 Å². The number of aliphatic carboxylic acids is 1. The predicted octanol–water partition coefficient (Wildman–Crippen LogP) is 2.76. The third-order valence-corrected chi connectivity index (χ3v) is 7.07. The van der Waals surface area contributed by atoms with Crippen LogP contribution in [0.3, 0.4) is 0 Å². The van der Waals surface area contributed by atoms with E-state index in [-0.39, 0.29) is 11.8 Å². The lowest BCUT2D eigenvalue weighted by atomic mass is 9.89. The highest BCUT2D eigenvalue weighted by molar-refractivity contribution is 7.88. The van der Waals surface area contributed by atoms with Crippen LogP contribution in [-0.4, -0.2) is 35.9 Å². The van der Waals surface area contributed by atoms with Crippen LogP contribution in [0.15, 0.2) is 18.2 Å². The van der Waals surface area contributed by atoms with Crippen molar-refractivity contribution in [2.45, 2.75) is 37.1 Å². The first-order chi connectivity index (χ1) is 10.3. The number of sulfonamides is 1. The number of nitrogens with zero attached hydrogens (tertiary/aromatic N) is 1. The normalized spacial score (nSPS) is 28.2. The van der Waals surface area contributed by atoms with Crippen molar-refractivity contribution in [2.75, 3.05) is 0 Å². The Hall–Kier alpha value is -0.820. The number of carboxylic acids is 1. The van der Waals surface area contributed by atoms with Gasteiger partial charge >= 0.3 is 5.97 Å². The molecule has 2 saturated heterocycles. The summed E-state index contributed by atoms with van der Waals surface area (Å²) >= 11 is 12.1. The molecule has 0 amide bonds. The van der Waals surface area contributed by atoms with Crippen molar-refractivity contribution in [3.05, 3.63) is 33.8 Å². The Morgan fingerprint density at radius 2 is 1.91 bits per heavy atom. The van der Waals surface area contributed by atoms with Gasteiger partial charge in [0, 0.05) is 27.7 Å². The Morgan fingerprint density at radius 3 is 2.45 bits per heavy atom. The van der Waals surface area contributed by atoms with Crippen molar-refractivity contribution in [2.24, 2.45) is 5.92 Å². The van der Waals surface area contributed by atoms with E-state index in [1.54, 1.807) is 18.2 Å². The molecule has 2 aliphatic rings. The quantitative estimate of drug-likeness (QED) is 0.892. The maximum Gasteiger partial charge on any atom is 0.308 e. The van der Waals surface area contributed by atoms with Gasteiger partial charge in [0.2, 0.25) is 10.0 Å². The second-order valence-electron chi connectivity index (χ2n) is 5.77. The van der Waals surface area contributed by atoms with Crippen molar-refractivity contribution in [1.29, 1.82) is 0 Å². The molecule has 1 N–H and O–H groups in total. The highest BCUT2D eigenvalue weighted by atomic mass is 35.5. The molecule has 1 aromatic rings. The average Bonchev–Trinajstić information content (AvgIpc) is 3.01. The van der Waals surface area contributed by atoms with Crippen molar-refractivity contribution in [3.8, 4) is 0 Å². The van der Waals surface area contributed by atoms with E-state index in [9.17, 15) is 18.3 Å². The highest BCUT2D eigenvalue weighted by Crippen LogP contribution is 2.44. The number of halogens is 2. The molecule has 0 aromatic heterocycles. The number of fused-ring (bicyclic) bond motifs is 2. The molecule has 2 bridgehead atoms. The fourth-order valence-electron chi connectivity index (χ4n) is 3.56. The zero-order valence-electron chi connectivity index (χ0n) is 11.6. The highest BCUT2D eigenvalue weighted by Gasteiger charge is 2.54. The molecule has 8 heteroatoms. The number of carbonyl (C=O) groups is 1. The Bertz CT molecular complexity index is 701. The molecule has 22 heavy (non-hydrogen) atoms. The van der Waals surface area contributed by atoms with Crippen LogP contribution in [0.5, 0.6) is 0 Å². The minimum Gasteiger partial charge on any atom is -0.481 e. The van der Waals surface area contributed by atoms with Gasteiger partial charge in [-0.05, 0) is 31.4 Å².